The number of nitrogens with zero attached hydrogens (tertiary/aromatic N) is 3. The van der Waals surface area contributed by atoms with E-state index in [-0.39, 0.29) is 31.8 Å². The summed E-state index contributed by atoms with van der Waals surface area (Å²) in [6.07, 6.45) is 0.996. The second-order valence-corrected chi connectivity index (χ2v) is 4.63. The molecule has 2 aliphatic rings. The SMILES string of the molecule is CC(N)C(=O)OCCOCN1C=NC2C(=O)NC(N)=NC21. The van der Waals surface area contributed by atoms with Crippen LogP contribution in [0.5, 0.6) is 0 Å². The van der Waals surface area contributed by atoms with E-state index < -0.39 is 24.2 Å². The van der Waals surface area contributed by atoms with Crippen LogP contribution in [-0.4, -0.2) is 67.3 Å². The summed E-state index contributed by atoms with van der Waals surface area (Å²) in [6.45, 7) is 2.00. The highest BCUT2D eigenvalue weighted by atomic mass is 16.6. The minimum absolute atomic E-state index is 0.0580. The van der Waals surface area contributed by atoms with Gasteiger partial charge in [-0.1, -0.05) is 0 Å². The molecule has 10 nitrogen and oxygen atoms in total. The molecule has 1 amide bonds. The van der Waals surface area contributed by atoms with Crippen molar-refractivity contribution < 1.29 is 19.1 Å². The fourth-order valence-corrected chi connectivity index (χ4v) is 1.82. The minimum Gasteiger partial charge on any atom is -0.462 e. The van der Waals surface area contributed by atoms with Gasteiger partial charge in [-0.25, -0.2) is 4.99 Å². The maximum absolute atomic E-state index is 11.6. The second kappa shape index (κ2) is 6.50. The highest BCUT2D eigenvalue weighted by Crippen LogP contribution is 2.17. The number of esters is 1. The van der Waals surface area contributed by atoms with Crippen molar-refractivity contribution in [1.29, 1.82) is 0 Å². The van der Waals surface area contributed by atoms with Crippen LogP contribution in [0, 0.1) is 0 Å². The Morgan fingerprint density at radius 3 is 3.05 bits per heavy atom. The third-order valence-corrected chi connectivity index (χ3v) is 2.87. The zero-order valence-electron chi connectivity index (χ0n) is 11.6. The fraction of sp³-hybridized carbons (Fsp3) is 0.636. The van der Waals surface area contributed by atoms with E-state index in [0.29, 0.717) is 0 Å². The number of fused-ring (bicyclic) bond motifs is 1. The second-order valence-electron chi connectivity index (χ2n) is 4.63. The van der Waals surface area contributed by atoms with Crippen molar-refractivity contribution in [2.45, 2.75) is 25.2 Å². The first kappa shape index (κ1) is 15.2. The molecule has 2 aliphatic heterocycles. The number of nitrogens with one attached hydrogen (secondary N) is 1. The number of aliphatic imine (C=N–C) groups is 2. The highest BCUT2D eigenvalue weighted by Gasteiger charge is 2.39. The number of rotatable bonds is 6. The Morgan fingerprint density at radius 1 is 1.57 bits per heavy atom. The summed E-state index contributed by atoms with van der Waals surface area (Å²) in [4.78, 5) is 32.5. The molecular weight excluding hydrogens is 280 g/mol. The maximum Gasteiger partial charge on any atom is 0.322 e. The molecule has 0 aliphatic carbocycles. The molecule has 0 fully saturated rings. The summed E-state index contributed by atoms with van der Waals surface area (Å²) in [5, 5.41) is 2.41. The largest absolute Gasteiger partial charge is 0.462 e. The molecule has 0 bridgehead atoms. The zero-order chi connectivity index (χ0) is 15.4. The van der Waals surface area contributed by atoms with Gasteiger partial charge in [0, 0.05) is 0 Å². The van der Waals surface area contributed by atoms with E-state index in [2.05, 4.69) is 15.3 Å². The quantitative estimate of drug-likeness (QED) is 0.358. The van der Waals surface area contributed by atoms with E-state index in [9.17, 15) is 9.59 Å². The average molecular weight is 298 g/mol. The van der Waals surface area contributed by atoms with Crippen LogP contribution in [0.2, 0.25) is 0 Å². The van der Waals surface area contributed by atoms with Crippen molar-refractivity contribution in [3.05, 3.63) is 0 Å². The molecule has 0 saturated heterocycles. The van der Waals surface area contributed by atoms with Crippen molar-refractivity contribution in [3.63, 3.8) is 0 Å². The Morgan fingerprint density at radius 2 is 2.33 bits per heavy atom. The number of hydrogen-bond donors (Lipinski definition) is 3. The van der Waals surface area contributed by atoms with Crippen molar-refractivity contribution in [2.24, 2.45) is 21.5 Å². The lowest BCUT2D eigenvalue weighted by atomic mass is 10.2. The summed E-state index contributed by atoms with van der Waals surface area (Å²) in [7, 11) is 0. The number of carbonyl (C=O) groups excluding carboxylic acids is 2. The predicted octanol–water partition coefficient (Wildman–Crippen LogP) is -2.67. The van der Waals surface area contributed by atoms with Gasteiger partial charge in [-0.2, -0.15) is 0 Å². The number of ether oxygens (including phenoxy) is 2. The summed E-state index contributed by atoms with van der Waals surface area (Å²) >= 11 is 0. The number of amides is 1. The molecule has 116 valence electrons. The van der Waals surface area contributed by atoms with Crippen LogP contribution in [-0.2, 0) is 19.1 Å². The van der Waals surface area contributed by atoms with Gasteiger partial charge in [-0.15, -0.1) is 0 Å². The molecule has 0 aromatic rings. The Hall–Kier alpha value is -2.20. The highest BCUT2D eigenvalue weighted by molar-refractivity contribution is 6.02. The standard InChI is InChI=1S/C11H18N6O4/c1-6(12)10(19)21-3-2-20-5-17-4-14-7-8(17)15-11(13)16-9(7)18/h4,6-8H,2-3,5,12H2,1H3,(H3,13,15,16,18). The summed E-state index contributed by atoms with van der Waals surface area (Å²) < 4.78 is 10.2. The molecule has 0 aromatic carbocycles. The molecule has 3 atom stereocenters. The van der Waals surface area contributed by atoms with E-state index in [4.69, 9.17) is 20.9 Å². The summed E-state index contributed by atoms with van der Waals surface area (Å²) in [6, 6.07) is -1.27. The molecule has 2 rings (SSSR count). The van der Waals surface area contributed by atoms with E-state index in [1.165, 1.54) is 6.34 Å². The van der Waals surface area contributed by atoms with Crippen molar-refractivity contribution >= 4 is 24.2 Å². The third-order valence-electron chi connectivity index (χ3n) is 2.87. The normalized spacial score (nSPS) is 25.1. The van der Waals surface area contributed by atoms with E-state index in [0.717, 1.165) is 0 Å². The summed E-state index contributed by atoms with van der Waals surface area (Å²) in [5.41, 5.74) is 10.9. The van der Waals surface area contributed by atoms with Crippen LogP contribution in [0.3, 0.4) is 0 Å². The average Bonchev–Trinajstić information content (AvgIpc) is 2.81. The lowest BCUT2D eigenvalue weighted by Crippen LogP contribution is -2.54. The van der Waals surface area contributed by atoms with Gasteiger partial charge in [-0.3, -0.25) is 19.9 Å². The molecule has 0 aromatic heterocycles. The molecule has 0 saturated carbocycles. The Balaban J connectivity index is 1.72. The first-order valence-electron chi connectivity index (χ1n) is 6.42. The van der Waals surface area contributed by atoms with E-state index in [1.54, 1.807) is 11.8 Å². The van der Waals surface area contributed by atoms with Crippen molar-refractivity contribution in [2.75, 3.05) is 19.9 Å². The maximum atomic E-state index is 11.6. The van der Waals surface area contributed by atoms with Gasteiger partial charge < -0.3 is 25.8 Å². The molecule has 21 heavy (non-hydrogen) atoms. The summed E-state index contributed by atoms with van der Waals surface area (Å²) in [5.74, 6) is -0.720. The lowest BCUT2D eigenvalue weighted by Gasteiger charge is -2.27. The molecule has 2 heterocycles. The fourth-order valence-electron chi connectivity index (χ4n) is 1.82. The Bertz CT molecular complexity index is 477. The molecule has 10 heteroatoms. The zero-order valence-corrected chi connectivity index (χ0v) is 11.6. The van der Waals surface area contributed by atoms with Gasteiger partial charge in [0.15, 0.2) is 18.2 Å². The molecule has 0 radical (unpaired) electrons. The third kappa shape index (κ3) is 3.67. The molecule has 3 unspecified atom stereocenters. The van der Waals surface area contributed by atoms with Gasteiger partial charge in [-0.05, 0) is 6.92 Å². The number of nitrogens with two attached hydrogens (primary N) is 2. The number of carbonyl (C=O) groups is 2. The van der Waals surface area contributed by atoms with E-state index in [1.807, 2.05) is 0 Å². The van der Waals surface area contributed by atoms with Crippen LogP contribution < -0.4 is 16.8 Å². The Labute approximate surface area is 121 Å². The van der Waals surface area contributed by atoms with Gasteiger partial charge >= 0.3 is 5.97 Å². The topological polar surface area (TPSA) is 145 Å². The van der Waals surface area contributed by atoms with Crippen LogP contribution in [0.25, 0.3) is 0 Å². The minimum atomic E-state index is -0.658. The van der Waals surface area contributed by atoms with Gasteiger partial charge in [0.05, 0.1) is 12.9 Å². The smallest absolute Gasteiger partial charge is 0.322 e. The van der Waals surface area contributed by atoms with Crippen LogP contribution in [0.1, 0.15) is 6.92 Å². The van der Waals surface area contributed by atoms with Crippen LogP contribution >= 0.6 is 0 Å². The van der Waals surface area contributed by atoms with E-state index >= 15 is 0 Å². The van der Waals surface area contributed by atoms with Crippen molar-refractivity contribution in [3.8, 4) is 0 Å². The lowest BCUT2D eigenvalue weighted by molar-refractivity contribution is -0.146. The first-order chi connectivity index (χ1) is 9.99. The number of guanidine groups is 1. The monoisotopic (exact) mass is 298 g/mol. The molecule has 5 N–H and O–H groups in total. The Kier molecular flexibility index (Phi) is 4.70. The van der Waals surface area contributed by atoms with Crippen LogP contribution in [0.15, 0.2) is 9.98 Å². The molecule has 0 spiro atoms. The predicted molar refractivity (Wildman–Crippen MR) is 73.1 cm³/mol. The number of hydrogen-bond acceptors (Lipinski definition) is 9. The van der Waals surface area contributed by atoms with Gasteiger partial charge in [0.25, 0.3) is 5.91 Å². The van der Waals surface area contributed by atoms with Gasteiger partial charge in [0.2, 0.25) is 0 Å². The van der Waals surface area contributed by atoms with Crippen molar-refractivity contribution in [1.82, 2.24) is 10.2 Å². The van der Waals surface area contributed by atoms with Gasteiger partial charge in [0.1, 0.15) is 19.4 Å². The first-order valence-corrected chi connectivity index (χ1v) is 6.42. The molecular formula is C11H18N6O4. The van der Waals surface area contributed by atoms with Crippen LogP contribution in [0.4, 0.5) is 0 Å².